The average Bonchev–Trinajstić information content (AvgIpc) is 2.61. The molecule has 0 saturated carbocycles. The van der Waals surface area contributed by atoms with Crippen molar-refractivity contribution in [1.29, 1.82) is 0 Å². The summed E-state index contributed by atoms with van der Waals surface area (Å²) in [4.78, 5) is 28.1. The van der Waals surface area contributed by atoms with Gasteiger partial charge in [0.2, 0.25) is 5.91 Å². The smallest absolute Gasteiger partial charge is 0.409 e. The number of hydrogen-bond donors (Lipinski definition) is 1. The standard InChI is InChI=1S/C18H25Cl2N3O3/c1-4-26-18(25)23-9-7-22(8-10-23)13(3)17(24)21-12(2)15-6-5-14(19)11-16(15)20/h5-6,11-13H,4,7-10H2,1-3H3,(H,21,24)/t12-,13-/m0/s1. The van der Waals surface area contributed by atoms with E-state index in [2.05, 4.69) is 10.2 Å². The van der Waals surface area contributed by atoms with E-state index in [1.807, 2.05) is 19.9 Å². The molecule has 1 fully saturated rings. The molecule has 0 radical (unpaired) electrons. The number of amides is 2. The molecule has 1 saturated heterocycles. The van der Waals surface area contributed by atoms with Gasteiger partial charge in [-0.2, -0.15) is 0 Å². The first kappa shape index (κ1) is 20.8. The molecule has 0 aromatic heterocycles. The molecule has 26 heavy (non-hydrogen) atoms. The van der Waals surface area contributed by atoms with Crippen molar-refractivity contribution in [2.75, 3.05) is 32.8 Å². The molecule has 1 N–H and O–H groups in total. The lowest BCUT2D eigenvalue weighted by molar-refractivity contribution is -0.127. The van der Waals surface area contributed by atoms with Crippen LogP contribution >= 0.6 is 23.2 Å². The molecule has 1 aromatic rings. The van der Waals surface area contributed by atoms with Gasteiger partial charge in [-0.15, -0.1) is 0 Å². The van der Waals surface area contributed by atoms with Crippen LogP contribution in [0.5, 0.6) is 0 Å². The van der Waals surface area contributed by atoms with Gasteiger partial charge in [-0.1, -0.05) is 29.3 Å². The van der Waals surface area contributed by atoms with Crippen molar-refractivity contribution >= 4 is 35.2 Å². The molecule has 2 amide bonds. The zero-order valence-corrected chi connectivity index (χ0v) is 16.8. The van der Waals surface area contributed by atoms with Crippen LogP contribution in [0.2, 0.25) is 10.0 Å². The van der Waals surface area contributed by atoms with Crippen LogP contribution in [0.15, 0.2) is 18.2 Å². The minimum absolute atomic E-state index is 0.0758. The third-order valence-corrected chi connectivity index (χ3v) is 5.12. The van der Waals surface area contributed by atoms with Gasteiger partial charge in [0, 0.05) is 36.2 Å². The van der Waals surface area contributed by atoms with Crippen molar-refractivity contribution in [3.05, 3.63) is 33.8 Å². The lowest BCUT2D eigenvalue weighted by Crippen LogP contribution is -2.55. The summed E-state index contributed by atoms with van der Waals surface area (Å²) >= 11 is 12.1. The fraction of sp³-hybridized carbons (Fsp3) is 0.556. The molecule has 0 spiro atoms. The predicted octanol–water partition coefficient (Wildman–Crippen LogP) is 3.33. The van der Waals surface area contributed by atoms with Crippen LogP contribution in [0.25, 0.3) is 0 Å². The third-order valence-electron chi connectivity index (χ3n) is 4.56. The number of carbonyl (C=O) groups excluding carboxylic acids is 2. The highest BCUT2D eigenvalue weighted by atomic mass is 35.5. The summed E-state index contributed by atoms with van der Waals surface area (Å²) in [6, 6.07) is 4.71. The Morgan fingerprint density at radius 3 is 2.42 bits per heavy atom. The second kappa shape index (κ2) is 9.44. The number of ether oxygens (including phenoxy) is 1. The molecule has 0 bridgehead atoms. The summed E-state index contributed by atoms with van der Waals surface area (Å²) in [5.74, 6) is -0.0758. The highest BCUT2D eigenvalue weighted by Gasteiger charge is 2.28. The van der Waals surface area contributed by atoms with Gasteiger partial charge in [-0.25, -0.2) is 4.79 Å². The van der Waals surface area contributed by atoms with Gasteiger partial charge in [0.1, 0.15) is 0 Å². The van der Waals surface area contributed by atoms with E-state index < -0.39 is 0 Å². The maximum atomic E-state index is 12.6. The Labute approximate surface area is 164 Å². The second-order valence-corrected chi connectivity index (χ2v) is 7.14. The van der Waals surface area contributed by atoms with E-state index in [1.54, 1.807) is 24.0 Å². The highest BCUT2D eigenvalue weighted by molar-refractivity contribution is 6.35. The quantitative estimate of drug-likeness (QED) is 0.821. The number of piperazine rings is 1. The van der Waals surface area contributed by atoms with Crippen LogP contribution in [-0.2, 0) is 9.53 Å². The van der Waals surface area contributed by atoms with E-state index in [-0.39, 0.29) is 24.1 Å². The number of carbonyl (C=O) groups is 2. The van der Waals surface area contributed by atoms with Crippen LogP contribution in [-0.4, -0.2) is 60.6 Å². The van der Waals surface area contributed by atoms with Crippen molar-refractivity contribution in [3.63, 3.8) is 0 Å². The van der Waals surface area contributed by atoms with Crippen LogP contribution in [0.4, 0.5) is 4.79 Å². The van der Waals surface area contributed by atoms with Gasteiger partial charge in [0.05, 0.1) is 18.7 Å². The molecule has 8 heteroatoms. The topological polar surface area (TPSA) is 61.9 Å². The number of halogens is 2. The minimum atomic E-state index is -0.298. The van der Waals surface area contributed by atoms with Crippen LogP contribution in [0.3, 0.4) is 0 Å². The number of nitrogens with one attached hydrogen (secondary N) is 1. The maximum absolute atomic E-state index is 12.6. The van der Waals surface area contributed by atoms with E-state index in [4.69, 9.17) is 27.9 Å². The second-order valence-electron chi connectivity index (χ2n) is 6.29. The monoisotopic (exact) mass is 401 g/mol. The third kappa shape index (κ3) is 5.25. The summed E-state index contributed by atoms with van der Waals surface area (Å²) in [7, 11) is 0. The molecule has 0 unspecified atom stereocenters. The largest absolute Gasteiger partial charge is 0.450 e. The van der Waals surface area contributed by atoms with E-state index in [0.717, 1.165) is 5.56 Å². The SMILES string of the molecule is CCOC(=O)N1CCN([C@@H](C)C(=O)N[C@@H](C)c2ccc(Cl)cc2Cl)CC1. The highest BCUT2D eigenvalue weighted by Crippen LogP contribution is 2.26. The summed E-state index contributed by atoms with van der Waals surface area (Å²) in [5.41, 5.74) is 0.823. The van der Waals surface area contributed by atoms with Gasteiger partial charge < -0.3 is 15.0 Å². The van der Waals surface area contributed by atoms with Crippen LogP contribution in [0, 0.1) is 0 Å². The fourth-order valence-electron chi connectivity index (χ4n) is 2.94. The normalized spacial score (nSPS) is 17.5. The first-order valence-corrected chi connectivity index (χ1v) is 9.50. The molecular formula is C18H25Cl2N3O3. The van der Waals surface area contributed by atoms with E-state index in [0.29, 0.717) is 42.8 Å². The first-order chi connectivity index (χ1) is 12.3. The van der Waals surface area contributed by atoms with E-state index >= 15 is 0 Å². The fourth-order valence-corrected chi connectivity index (χ4v) is 3.51. The van der Waals surface area contributed by atoms with Crippen molar-refractivity contribution in [3.8, 4) is 0 Å². The van der Waals surface area contributed by atoms with E-state index in [1.165, 1.54) is 0 Å². The Hall–Kier alpha value is -1.50. The Morgan fingerprint density at radius 1 is 1.19 bits per heavy atom. The van der Waals surface area contributed by atoms with Gasteiger partial charge in [0.15, 0.2) is 0 Å². The Balaban J connectivity index is 1.88. The molecule has 1 aromatic carbocycles. The predicted molar refractivity (Wildman–Crippen MR) is 103 cm³/mol. The Kier molecular flexibility index (Phi) is 7.55. The molecule has 1 heterocycles. The molecule has 1 aliphatic rings. The van der Waals surface area contributed by atoms with Gasteiger partial charge in [0.25, 0.3) is 0 Å². The minimum Gasteiger partial charge on any atom is -0.450 e. The molecule has 144 valence electrons. The first-order valence-electron chi connectivity index (χ1n) is 8.74. The maximum Gasteiger partial charge on any atom is 0.409 e. The molecule has 1 aliphatic heterocycles. The molecular weight excluding hydrogens is 377 g/mol. The summed E-state index contributed by atoms with van der Waals surface area (Å²) in [6.45, 7) is 8.26. The van der Waals surface area contributed by atoms with Crippen LogP contribution < -0.4 is 5.32 Å². The zero-order chi connectivity index (χ0) is 19.3. The number of nitrogens with zero attached hydrogens (tertiary/aromatic N) is 2. The van der Waals surface area contributed by atoms with Crippen molar-refractivity contribution in [2.24, 2.45) is 0 Å². The van der Waals surface area contributed by atoms with Crippen molar-refractivity contribution in [2.45, 2.75) is 32.9 Å². The average molecular weight is 402 g/mol. The number of hydrogen-bond acceptors (Lipinski definition) is 4. The molecule has 6 nitrogen and oxygen atoms in total. The lowest BCUT2D eigenvalue weighted by atomic mass is 10.1. The van der Waals surface area contributed by atoms with Crippen molar-refractivity contribution in [1.82, 2.24) is 15.1 Å². The van der Waals surface area contributed by atoms with E-state index in [9.17, 15) is 9.59 Å². The zero-order valence-electron chi connectivity index (χ0n) is 15.3. The number of rotatable bonds is 5. The Bertz CT molecular complexity index is 649. The van der Waals surface area contributed by atoms with Gasteiger partial charge >= 0.3 is 6.09 Å². The summed E-state index contributed by atoms with van der Waals surface area (Å²) < 4.78 is 5.01. The molecule has 2 rings (SSSR count). The summed E-state index contributed by atoms with van der Waals surface area (Å²) in [5, 5.41) is 4.08. The lowest BCUT2D eigenvalue weighted by Gasteiger charge is -2.37. The Morgan fingerprint density at radius 2 is 1.85 bits per heavy atom. The molecule has 2 atom stereocenters. The van der Waals surface area contributed by atoms with Crippen molar-refractivity contribution < 1.29 is 14.3 Å². The number of benzene rings is 1. The van der Waals surface area contributed by atoms with Crippen LogP contribution in [0.1, 0.15) is 32.4 Å². The van der Waals surface area contributed by atoms with Gasteiger partial charge in [-0.3, -0.25) is 9.69 Å². The molecule has 0 aliphatic carbocycles. The van der Waals surface area contributed by atoms with Gasteiger partial charge in [-0.05, 0) is 38.5 Å². The summed E-state index contributed by atoms with van der Waals surface area (Å²) in [6.07, 6.45) is -0.296.